The molecular formula is C16H21ClN4O. The molecule has 0 spiro atoms. The van der Waals surface area contributed by atoms with Gasteiger partial charge in [0.25, 0.3) is 0 Å². The van der Waals surface area contributed by atoms with Crippen molar-refractivity contribution in [2.45, 2.75) is 0 Å². The van der Waals surface area contributed by atoms with Gasteiger partial charge in [-0.05, 0) is 12.1 Å². The first kappa shape index (κ1) is 16.7. The molecule has 1 N–H and O–H groups in total. The molecule has 1 saturated heterocycles. The van der Waals surface area contributed by atoms with Crippen LogP contribution in [-0.4, -0.2) is 54.5 Å². The van der Waals surface area contributed by atoms with Crippen LogP contribution in [0.25, 0.3) is 11.3 Å². The second kappa shape index (κ2) is 8.68. The molecule has 0 atom stereocenters. The Kier molecular flexibility index (Phi) is 6.58. The molecule has 0 saturated carbocycles. The molecule has 0 radical (unpaired) electrons. The predicted octanol–water partition coefficient (Wildman–Crippen LogP) is 2.31. The Bertz CT molecular complexity index is 544. The number of hydrogen-bond donors (Lipinski definition) is 1. The van der Waals surface area contributed by atoms with E-state index in [2.05, 4.69) is 20.4 Å². The summed E-state index contributed by atoms with van der Waals surface area (Å²) in [6.07, 6.45) is 0. The molecule has 2 aromatic rings. The van der Waals surface area contributed by atoms with E-state index in [0.717, 1.165) is 56.5 Å². The van der Waals surface area contributed by atoms with E-state index in [1.165, 1.54) is 0 Å². The summed E-state index contributed by atoms with van der Waals surface area (Å²) >= 11 is 0. The van der Waals surface area contributed by atoms with Gasteiger partial charge < -0.3 is 10.1 Å². The molecule has 118 valence electrons. The van der Waals surface area contributed by atoms with E-state index in [-0.39, 0.29) is 12.4 Å². The summed E-state index contributed by atoms with van der Waals surface area (Å²) in [5, 5.41) is 11.8. The molecule has 5 nitrogen and oxygen atoms in total. The lowest BCUT2D eigenvalue weighted by molar-refractivity contribution is 0.0398. The summed E-state index contributed by atoms with van der Waals surface area (Å²) in [7, 11) is 0. The highest BCUT2D eigenvalue weighted by Crippen LogP contribution is 2.16. The number of halogens is 1. The summed E-state index contributed by atoms with van der Waals surface area (Å²) in [4.78, 5) is 2.39. The van der Waals surface area contributed by atoms with E-state index in [0.29, 0.717) is 0 Å². The molecule has 0 amide bonds. The molecule has 6 heteroatoms. The van der Waals surface area contributed by atoms with Gasteiger partial charge in [0.1, 0.15) is 5.82 Å². The van der Waals surface area contributed by atoms with E-state index in [1.807, 2.05) is 42.5 Å². The topological polar surface area (TPSA) is 50.3 Å². The van der Waals surface area contributed by atoms with Gasteiger partial charge in [0.2, 0.25) is 0 Å². The van der Waals surface area contributed by atoms with Crippen molar-refractivity contribution in [2.24, 2.45) is 0 Å². The van der Waals surface area contributed by atoms with Crippen LogP contribution in [-0.2, 0) is 4.74 Å². The number of morpholine rings is 1. The van der Waals surface area contributed by atoms with Crippen LogP contribution in [0, 0.1) is 0 Å². The minimum absolute atomic E-state index is 0. The van der Waals surface area contributed by atoms with Gasteiger partial charge in [0.05, 0.1) is 18.9 Å². The maximum atomic E-state index is 5.34. The highest BCUT2D eigenvalue weighted by molar-refractivity contribution is 5.85. The van der Waals surface area contributed by atoms with Gasteiger partial charge in [0, 0.05) is 31.7 Å². The van der Waals surface area contributed by atoms with E-state index in [1.54, 1.807) is 0 Å². The number of aromatic nitrogens is 2. The Morgan fingerprint density at radius 3 is 2.45 bits per heavy atom. The number of anilines is 1. The maximum Gasteiger partial charge on any atom is 0.148 e. The molecule has 0 aliphatic carbocycles. The highest BCUT2D eigenvalue weighted by atomic mass is 35.5. The average Bonchev–Trinajstić information content (AvgIpc) is 2.57. The lowest BCUT2D eigenvalue weighted by Crippen LogP contribution is -2.39. The van der Waals surface area contributed by atoms with Crippen LogP contribution >= 0.6 is 12.4 Å². The number of nitrogens with one attached hydrogen (secondary N) is 1. The fourth-order valence-corrected chi connectivity index (χ4v) is 2.36. The van der Waals surface area contributed by atoms with Gasteiger partial charge >= 0.3 is 0 Å². The van der Waals surface area contributed by atoms with Crippen molar-refractivity contribution in [3.63, 3.8) is 0 Å². The van der Waals surface area contributed by atoms with Gasteiger partial charge in [-0.2, -0.15) is 0 Å². The molecular weight excluding hydrogens is 300 g/mol. The minimum atomic E-state index is 0. The number of ether oxygens (including phenoxy) is 1. The Morgan fingerprint density at radius 1 is 1.00 bits per heavy atom. The monoisotopic (exact) mass is 320 g/mol. The Hall–Kier alpha value is -1.69. The molecule has 0 bridgehead atoms. The highest BCUT2D eigenvalue weighted by Gasteiger charge is 2.09. The Morgan fingerprint density at radius 2 is 1.77 bits per heavy atom. The fraction of sp³-hybridized carbons (Fsp3) is 0.375. The Labute approximate surface area is 137 Å². The molecule has 1 aromatic heterocycles. The zero-order valence-corrected chi connectivity index (χ0v) is 13.3. The number of rotatable bonds is 5. The molecule has 1 aliphatic rings. The van der Waals surface area contributed by atoms with Crippen molar-refractivity contribution in [1.82, 2.24) is 15.1 Å². The van der Waals surface area contributed by atoms with Crippen molar-refractivity contribution < 1.29 is 4.74 Å². The molecule has 22 heavy (non-hydrogen) atoms. The van der Waals surface area contributed by atoms with E-state index >= 15 is 0 Å². The molecule has 1 aliphatic heterocycles. The number of nitrogens with zero attached hydrogens (tertiary/aromatic N) is 3. The average molecular weight is 321 g/mol. The quantitative estimate of drug-likeness (QED) is 0.916. The van der Waals surface area contributed by atoms with Crippen LogP contribution < -0.4 is 5.32 Å². The smallest absolute Gasteiger partial charge is 0.148 e. The summed E-state index contributed by atoms with van der Waals surface area (Å²) in [6.45, 7) is 5.59. The predicted molar refractivity (Wildman–Crippen MR) is 90.5 cm³/mol. The van der Waals surface area contributed by atoms with Crippen LogP contribution in [0.1, 0.15) is 0 Å². The van der Waals surface area contributed by atoms with Crippen molar-refractivity contribution >= 4 is 18.2 Å². The van der Waals surface area contributed by atoms with Gasteiger partial charge in [-0.15, -0.1) is 22.6 Å². The number of benzene rings is 1. The standard InChI is InChI=1S/C16H20N4O.ClH/c1-2-4-14(5-3-1)15-6-7-16(19-18-15)17-8-9-20-10-12-21-13-11-20;/h1-7H,8-13H2,(H,17,19);1H. The lowest BCUT2D eigenvalue weighted by atomic mass is 10.1. The first-order chi connectivity index (χ1) is 10.4. The van der Waals surface area contributed by atoms with E-state index in [9.17, 15) is 0 Å². The van der Waals surface area contributed by atoms with Crippen molar-refractivity contribution in [3.05, 3.63) is 42.5 Å². The first-order valence-electron chi connectivity index (χ1n) is 7.35. The van der Waals surface area contributed by atoms with Crippen LogP contribution in [0.4, 0.5) is 5.82 Å². The summed E-state index contributed by atoms with van der Waals surface area (Å²) in [6, 6.07) is 14.1. The first-order valence-corrected chi connectivity index (χ1v) is 7.35. The van der Waals surface area contributed by atoms with E-state index in [4.69, 9.17) is 4.74 Å². The largest absolute Gasteiger partial charge is 0.379 e. The normalized spacial score (nSPS) is 15.1. The third-order valence-corrected chi connectivity index (χ3v) is 3.57. The van der Waals surface area contributed by atoms with Gasteiger partial charge in [-0.25, -0.2) is 0 Å². The molecule has 1 aromatic carbocycles. The third-order valence-electron chi connectivity index (χ3n) is 3.57. The molecule has 2 heterocycles. The second-order valence-corrected chi connectivity index (χ2v) is 5.05. The van der Waals surface area contributed by atoms with E-state index < -0.39 is 0 Å². The van der Waals surface area contributed by atoms with Crippen molar-refractivity contribution in [2.75, 3.05) is 44.7 Å². The fourth-order valence-electron chi connectivity index (χ4n) is 2.36. The molecule has 0 unspecified atom stereocenters. The SMILES string of the molecule is Cl.c1ccc(-c2ccc(NCCN3CCOCC3)nn2)cc1. The lowest BCUT2D eigenvalue weighted by Gasteiger charge is -2.26. The summed E-state index contributed by atoms with van der Waals surface area (Å²) in [5.41, 5.74) is 1.99. The Balaban J connectivity index is 0.00000176. The molecule has 3 rings (SSSR count). The molecule has 1 fully saturated rings. The summed E-state index contributed by atoms with van der Waals surface area (Å²) < 4.78 is 5.34. The second-order valence-electron chi connectivity index (χ2n) is 5.05. The van der Waals surface area contributed by atoms with Crippen LogP contribution in [0.5, 0.6) is 0 Å². The van der Waals surface area contributed by atoms with Crippen molar-refractivity contribution in [3.8, 4) is 11.3 Å². The third kappa shape index (κ3) is 4.66. The zero-order chi connectivity index (χ0) is 14.3. The summed E-state index contributed by atoms with van der Waals surface area (Å²) in [5.74, 6) is 0.822. The van der Waals surface area contributed by atoms with Gasteiger partial charge in [0.15, 0.2) is 0 Å². The van der Waals surface area contributed by atoms with Crippen LogP contribution in [0.3, 0.4) is 0 Å². The zero-order valence-electron chi connectivity index (χ0n) is 12.4. The maximum absolute atomic E-state index is 5.34. The van der Waals surface area contributed by atoms with Gasteiger partial charge in [-0.3, -0.25) is 4.90 Å². The van der Waals surface area contributed by atoms with Crippen molar-refractivity contribution in [1.29, 1.82) is 0 Å². The minimum Gasteiger partial charge on any atom is -0.379 e. The van der Waals surface area contributed by atoms with Crippen LogP contribution in [0.2, 0.25) is 0 Å². The van der Waals surface area contributed by atoms with Gasteiger partial charge in [-0.1, -0.05) is 30.3 Å². The van der Waals surface area contributed by atoms with Crippen LogP contribution in [0.15, 0.2) is 42.5 Å². The number of hydrogen-bond acceptors (Lipinski definition) is 5.